The number of carbonyl (C=O) groups is 1. The van der Waals surface area contributed by atoms with Crippen molar-refractivity contribution in [2.75, 3.05) is 0 Å². The molecule has 7 heteroatoms. The average Bonchev–Trinajstić information content (AvgIpc) is 2.72. The maximum atomic E-state index is 12.0. The van der Waals surface area contributed by atoms with E-state index in [4.69, 9.17) is 0 Å². The van der Waals surface area contributed by atoms with Crippen molar-refractivity contribution in [3.05, 3.63) is 35.4 Å². The van der Waals surface area contributed by atoms with E-state index in [1.165, 1.54) is 12.6 Å². The Hall–Kier alpha value is -2.31. The summed E-state index contributed by atoms with van der Waals surface area (Å²) in [5.41, 5.74) is 1.10. The summed E-state index contributed by atoms with van der Waals surface area (Å²) in [7, 11) is 0. The van der Waals surface area contributed by atoms with Crippen molar-refractivity contribution < 1.29 is 4.79 Å². The van der Waals surface area contributed by atoms with Crippen molar-refractivity contribution in [1.82, 2.24) is 30.0 Å². The summed E-state index contributed by atoms with van der Waals surface area (Å²) in [5.74, 6) is 1.58. The molecule has 1 N–H and O–H groups in total. The van der Waals surface area contributed by atoms with E-state index in [0.29, 0.717) is 12.2 Å². The lowest BCUT2D eigenvalue weighted by atomic mass is 10.2. The molecular weight excluding hydrogens is 268 g/mol. The minimum Gasteiger partial charge on any atom is -0.343 e. The Labute approximate surface area is 122 Å². The number of fused-ring (bicyclic) bond motifs is 1. The summed E-state index contributed by atoms with van der Waals surface area (Å²) >= 11 is 0. The second-order valence-corrected chi connectivity index (χ2v) is 5.22. The molecule has 0 fully saturated rings. The quantitative estimate of drug-likeness (QED) is 0.911. The van der Waals surface area contributed by atoms with Gasteiger partial charge in [0, 0.05) is 19.2 Å². The first kappa shape index (κ1) is 13.7. The van der Waals surface area contributed by atoms with E-state index in [1.54, 1.807) is 6.20 Å². The van der Waals surface area contributed by atoms with Crippen LogP contribution in [0.25, 0.3) is 0 Å². The maximum Gasteiger partial charge on any atom is 0.271 e. The van der Waals surface area contributed by atoms with Gasteiger partial charge in [-0.25, -0.2) is 4.98 Å². The van der Waals surface area contributed by atoms with Gasteiger partial charge in [0.25, 0.3) is 5.91 Å². The van der Waals surface area contributed by atoms with Gasteiger partial charge in [-0.2, -0.15) is 0 Å². The van der Waals surface area contributed by atoms with Crippen LogP contribution < -0.4 is 5.32 Å². The van der Waals surface area contributed by atoms with Crippen molar-refractivity contribution in [3.8, 4) is 0 Å². The molecule has 0 radical (unpaired) electrons. The molecule has 1 amide bonds. The first-order chi connectivity index (χ1) is 10.2. The Morgan fingerprint density at radius 2 is 2.14 bits per heavy atom. The van der Waals surface area contributed by atoms with Crippen molar-refractivity contribution >= 4 is 5.91 Å². The van der Waals surface area contributed by atoms with Crippen molar-refractivity contribution in [2.45, 2.75) is 45.7 Å². The standard InChI is InChI=1S/C14H18N6O/c1-10-7-16-11(8-15-10)14(21)17-9-13-19-18-12-5-3-2-4-6-20(12)13/h7-8H,2-6,9H2,1H3,(H,17,21). The predicted molar refractivity (Wildman–Crippen MR) is 75.5 cm³/mol. The van der Waals surface area contributed by atoms with Crippen molar-refractivity contribution in [1.29, 1.82) is 0 Å². The summed E-state index contributed by atoms with van der Waals surface area (Å²) in [5, 5.41) is 11.2. The van der Waals surface area contributed by atoms with Crippen LogP contribution in [0.15, 0.2) is 12.4 Å². The molecule has 0 bridgehead atoms. The third kappa shape index (κ3) is 3.07. The third-order valence-electron chi connectivity index (χ3n) is 3.61. The van der Waals surface area contributed by atoms with Gasteiger partial charge in [0.15, 0.2) is 5.82 Å². The highest BCUT2D eigenvalue weighted by atomic mass is 16.1. The van der Waals surface area contributed by atoms with Gasteiger partial charge in [-0.1, -0.05) is 6.42 Å². The zero-order valence-electron chi connectivity index (χ0n) is 12.0. The van der Waals surface area contributed by atoms with E-state index in [2.05, 4.69) is 30.0 Å². The Kier molecular flexibility index (Phi) is 3.89. The summed E-state index contributed by atoms with van der Waals surface area (Å²) in [6.07, 6.45) is 7.53. The predicted octanol–water partition coefficient (Wildman–Crippen LogP) is 1.03. The van der Waals surface area contributed by atoms with Gasteiger partial charge < -0.3 is 9.88 Å². The second kappa shape index (κ2) is 5.99. The molecule has 1 aliphatic heterocycles. The molecule has 7 nitrogen and oxygen atoms in total. The minimum atomic E-state index is -0.242. The molecule has 0 aromatic carbocycles. The number of nitrogens with zero attached hydrogens (tertiary/aromatic N) is 5. The zero-order chi connectivity index (χ0) is 14.7. The van der Waals surface area contributed by atoms with Crippen LogP contribution in [0.1, 0.15) is 47.1 Å². The molecule has 0 saturated carbocycles. The van der Waals surface area contributed by atoms with Crippen molar-refractivity contribution in [3.63, 3.8) is 0 Å². The molecule has 3 heterocycles. The largest absolute Gasteiger partial charge is 0.343 e. The molecule has 1 aliphatic rings. The van der Waals surface area contributed by atoms with Crippen LogP contribution in [0.5, 0.6) is 0 Å². The van der Waals surface area contributed by atoms with Gasteiger partial charge in [-0.15, -0.1) is 10.2 Å². The molecule has 0 aliphatic carbocycles. The molecule has 110 valence electrons. The summed E-state index contributed by atoms with van der Waals surface area (Å²) < 4.78 is 2.12. The third-order valence-corrected chi connectivity index (χ3v) is 3.61. The Morgan fingerprint density at radius 1 is 1.24 bits per heavy atom. The van der Waals surface area contributed by atoms with E-state index >= 15 is 0 Å². The lowest BCUT2D eigenvalue weighted by Gasteiger charge is -2.08. The van der Waals surface area contributed by atoms with Crippen LogP contribution in [0.3, 0.4) is 0 Å². The van der Waals surface area contributed by atoms with Gasteiger partial charge in [-0.05, 0) is 19.8 Å². The van der Waals surface area contributed by atoms with E-state index in [0.717, 1.165) is 43.1 Å². The number of aryl methyl sites for hydroxylation is 2. The lowest BCUT2D eigenvalue weighted by molar-refractivity contribution is 0.0944. The smallest absolute Gasteiger partial charge is 0.271 e. The van der Waals surface area contributed by atoms with E-state index < -0.39 is 0 Å². The van der Waals surface area contributed by atoms with Gasteiger partial charge >= 0.3 is 0 Å². The Bertz CT molecular complexity index is 633. The highest BCUT2D eigenvalue weighted by molar-refractivity contribution is 5.91. The first-order valence-electron chi connectivity index (χ1n) is 7.22. The number of hydrogen-bond donors (Lipinski definition) is 1. The molecule has 0 spiro atoms. The normalized spacial score (nSPS) is 14.3. The zero-order valence-corrected chi connectivity index (χ0v) is 12.0. The number of carbonyl (C=O) groups excluding carboxylic acids is 1. The van der Waals surface area contributed by atoms with E-state index in [-0.39, 0.29) is 5.91 Å². The van der Waals surface area contributed by atoms with Gasteiger partial charge in [0.05, 0.1) is 18.4 Å². The second-order valence-electron chi connectivity index (χ2n) is 5.22. The van der Waals surface area contributed by atoms with Crippen LogP contribution in [-0.2, 0) is 19.5 Å². The number of aromatic nitrogens is 5. The average molecular weight is 286 g/mol. The number of hydrogen-bond acceptors (Lipinski definition) is 5. The van der Waals surface area contributed by atoms with Crippen LogP contribution >= 0.6 is 0 Å². The maximum absolute atomic E-state index is 12.0. The van der Waals surface area contributed by atoms with Crippen LogP contribution in [-0.4, -0.2) is 30.6 Å². The minimum absolute atomic E-state index is 0.242. The van der Waals surface area contributed by atoms with Gasteiger partial charge in [-0.3, -0.25) is 9.78 Å². The number of nitrogens with one attached hydrogen (secondary N) is 1. The van der Waals surface area contributed by atoms with Crippen molar-refractivity contribution in [2.24, 2.45) is 0 Å². The Balaban J connectivity index is 1.66. The molecule has 2 aromatic rings. The van der Waals surface area contributed by atoms with Crippen LogP contribution in [0.2, 0.25) is 0 Å². The highest BCUT2D eigenvalue weighted by Crippen LogP contribution is 2.14. The summed E-state index contributed by atoms with van der Waals surface area (Å²) in [6.45, 7) is 3.12. The fourth-order valence-corrected chi connectivity index (χ4v) is 2.44. The van der Waals surface area contributed by atoms with Gasteiger partial charge in [0.2, 0.25) is 0 Å². The lowest BCUT2D eigenvalue weighted by Crippen LogP contribution is -2.26. The van der Waals surface area contributed by atoms with Crippen LogP contribution in [0, 0.1) is 6.92 Å². The fourth-order valence-electron chi connectivity index (χ4n) is 2.44. The fraction of sp³-hybridized carbons (Fsp3) is 0.500. The molecule has 2 aromatic heterocycles. The number of rotatable bonds is 3. The summed E-state index contributed by atoms with van der Waals surface area (Å²) in [6, 6.07) is 0. The first-order valence-corrected chi connectivity index (χ1v) is 7.22. The Morgan fingerprint density at radius 3 is 2.95 bits per heavy atom. The van der Waals surface area contributed by atoms with E-state index in [9.17, 15) is 4.79 Å². The molecule has 0 atom stereocenters. The highest BCUT2D eigenvalue weighted by Gasteiger charge is 2.15. The van der Waals surface area contributed by atoms with E-state index in [1.807, 2.05) is 6.92 Å². The van der Waals surface area contributed by atoms with Crippen LogP contribution in [0.4, 0.5) is 0 Å². The molecular formula is C14H18N6O. The van der Waals surface area contributed by atoms with Gasteiger partial charge in [0.1, 0.15) is 11.5 Å². The topological polar surface area (TPSA) is 85.6 Å². The molecule has 0 unspecified atom stereocenters. The molecule has 21 heavy (non-hydrogen) atoms. The number of amides is 1. The SMILES string of the molecule is Cc1cnc(C(=O)NCc2nnc3n2CCCCC3)cn1. The molecule has 0 saturated heterocycles. The summed E-state index contributed by atoms with van der Waals surface area (Å²) in [4.78, 5) is 20.2. The monoisotopic (exact) mass is 286 g/mol. The molecule has 3 rings (SSSR count).